The van der Waals surface area contributed by atoms with Crippen LogP contribution in [0.25, 0.3) is 0 Å². The maximum absolute atomic E-state index is 12.2. The lowest BCUT2D eigenvalue weighted by molar-refractivity contribution is -0.139. The van der Waals surface area contributed by atoms with Crippen LogP contribution in [0.1, 0.15) is 40.6 Å². The van der Waals surface area contributed by atoms with E-state index >= 15 is 0 Å². The van der Waals surface area contributed by atoms with Gasteiger partial charge in [-0.3, -0.25) is 4.79 Å². The van der Waals surface area contributed by atoms with Gasteiger partial charge in [0.2, 0.25) is 10.0 Å². The van der Waals surface area contributed by atoms with Crippen molar-refractivity contribution in [2.45, 2.75) is 45.6 Å². The fourth-order valence-corrected chi connectivity index (χ4v) is 4.64. The molecule has 2 aromatic rings. The number of nitrogens with one attached hydrogen (secondary N) is 1. The average Bonchev–Trinajstić information content (AvgIpc) is 3.11. The Kier molecular flexibility index (Phi) is 8.47. The first-order valence-corrected chi connectivity index (χ1v) is 11.6. The third-order valence-corrected chi connectivity index (χ3v) is 6.64. The minimum atomic E-state index is -3.36. The van der Waals surface area contributed by atoms with E-state index in [-0.39, 0.29) is 24.7 Å². The van der Waals surface area contributed by atoms with Crippen LogP contribution in [0.15, 0.2) is 36.4 Å². The first-order chi connectivity index (χ1) is 12.9. The molecule has 27 heavy (non-hydrogen) atoms. The van der Waals surface area contributed by atoms with Crippen LogP contribution >= 0.6 is 11.3 Å². The van der Waals surface area contributed by atoms with Crippen molar-refractivity contribution in [1.82, 2.24) is 4.72 Å². The molecule has 0 aliphatic carbocycles. The zero-order valence-electron chi connectivity index (χ0n) is 15.9. The summed E-state index contributed by atoms with van der Waals surface area (Å²) in [7, 11) is -2.00. The highest BCUT2D eigenvalue weighted by Crippen LogP contribution is 2.17. The second kappa shape index (κ2) is 10.6. The number of esters is 1. The Morgan fingerprint density at radius 2 is 1.67 bits per heavy atom. The van der Waals surface area contributed by atoms with Crippen molar-refractivity contribution in [1.29, 1.82) is 0 Å². The van der Waals surface area contributed by atoms with Gasteiger partial charge in [-0.15, -0.1) is 11.3 Å². The number of benzene rings is 1. The predicted octanol–water partition coefficient (Wildman–Crippen LogP) is 3.47. The third-order valence-electron chi connectivity index (χ3n) is 4.23. The monoisotopic (exact) mass is 409 g/mol. The number of hydrogen-bond acceptors (Lipinski definition) is 5. The molecule has 7 heteroatoms. The number of sulfonamides is 1. The van der Waals surface area contributed by atoms with E-state index in [0.717, 1.165) is 21.7 Å². The first-order valence-electron chi connectivity index (χ1n) is 9.11. The number of rotatable bonds is 11. The van der Waals surface area contributed by atoms with Crippen molar-refractivity contribution in [3.8, 4) is 0 Å². The van der Waals surface area contributed by atoms with E-state index in [4.69, 9.17) is 0 Å². The van der Waals surface area contributed by atoms with Gasteiger partial charge in [-0.2, -0.15) is 0 Å². The molecular weight excluding hydrogens is 382 g/mol. The van der Waals surface area contributed by atoms with Crippen LogP contribution in [-0.2, 0) is 45.4 Å². The summed E-state index contributed by atoms with van der Waals surface area (Å²) in [6.07, 6.45) is 4.10. The number of methoxy groups -OCH3 is 1. The fourth-order valence-electron chi connectivity index (χ4n) is 2.59. The summed E-state index contributed by atoms with van der Waals surface area (Å²) in [4.78, 5) is 13.0. The van der Waals surface area contributed by atoms with Gasteiger partial charge in [0.25, 0.3) is 0 Å². The quantitative estimate of drug-likeness (QED) is 0.577. The average molecular weight is 410 g/mol. The molecule has 0 saturated carbocycles. The number of ether oxygens (including phenoxy) is 1. The second-order valence-electron chi connectivity index (χ2n) is 6.43. The number of aryl methyl sites for hydroxylation is 2. The van der Waals surface area contributed by atoms with Gasteiger partial charge in [-0.05, 0) is 42.5 Å². The van der Waals surface area contributed by atoms with E-state index in [0.29, 0.717) is 6.42 Å². The summed E-state index contributed by atoms with van der Waals surface area (Å²) < 4.78 is 31.7. The van der Waals surface area contributed by atoms with Gasteiger partial charge in [0.1, 0.15) is 0 Å². The van der Waals surface area contributed by atoms with E-state index in [2.05, 4.69) is 28.5 Å². The van der Waals surface area contributed by atoms with E-state index in [1.165, 1.54) is 36.9 Å². The molecule has 0 saturated heterocycles. The minimum absolute atomic E-state index is 0.0572. The Hall–Kier alpha value is -1.70. The molecule has 2 rings (SSSR count). The number of carbonyl (C=O) groups excluding carboxylic acids is 1. The summed E-state index contributed by atoms with van der Waals surface area (Å²) >= 11 is 1.41. The highest BCUT2D eigenvalue weighted by atomic mass is 32.2. The summed E-state index contributed by atoms with van der Waals surface area (Å²) in [5.41, 5.74) is 2.32. The molecule has 0 aliphatic rings. The normalized spacial score (nSPS) is 11.5. The van der Waals surface area contributed by atoms with E-state index < -0.39 is 10.0 Å². The molecule has 0 spiro atoms. The standard InChI is InChI=1S/C20H27NO4S2/c1-3-4-5-16-6-8-17(9-7-16)12-13-27(23,24)21-15-19-11-10-18(26-19)14-20(22)25-2/h6-11,21H,3-5,12-15H2,1-2H3. The predicted molar refractivity (Wildman–Crippen MR) is 109 cm³/mol. The number of hydrogen-bond donors (Lipinski definition) is 1. The topological polar surface area (TPSA) is 72.5 Å². The molecule has 0 atom stereocenters. The van der Waals surface area contributed by atoms with Crippen molar-refractivity contribution in [2.24, 2.45) is 0 Å². The molecule has 0 amide bonds. The highest BCUT2D eigenvalue weighted by molar-refractivity contribution is 7.89. The SMILES string of the molecule is CCCCc1ccc(CCS(=O)(=O)NCc2ccc(CC(=O)OC)s2)cc1. The van der Waals surface area contributed by atoms with Crippen molar-refractivity contribution >= 4 is 27.3 Å². The van der Waals surface area contributed by atoms with Crippen LogP contribution in [0.5, 0.6) is 0 Å². The molecule has 0 bridgehead atoms. The van der Waals surface area contributed by atoms with Gasteiger partial charge in [0.15, 0.2) is 0 Å². The third kappa shape index (κ3) is 7.82. The van der Waals surface area contributed by atoms with Crippen molar-refractivity contribution < 1.29 is 17.9 Å². The van der Waals surface area contributed by atoms with E-state index in [1.54, 1.807) is 0 Å². The molecule has 148 valence electrons. The van der Waals surface area contributed by atoms with Crippen molar-refractivity contribution in [3.05, 3.63) is 57.3 Å². The van der Waals surface area contributed by atoms with Crippen LogP contribution in [0.4, 0.5) is 0 Å². The van der Waals surface area contributed by atoms with Crippen LogP contribution in [0.2, 0.25) is 0 Å². The van der Waals surface area contributed by atoms with Crippen LogP contribution < -0.4 is 4.72 Å². The largest absolute Gasteiger partial charge is 0.469 e. The molecule has 0 aliphatic heterocycles. The molecule has 5 nitrogen and oxygen atoms in total. The molecule has 0 fully saturated rings. The summed E-state index contributed by atoms with van der Waals surface area (Å²) in [6, 6.07) is 11.8. The number of unbranched alkanes of at least 4 members (excludes halogenated alkanes) is 1. The van der Waals surface area contributed by atoms with Gasteiger partial charge < -0.3 is 4.74 Å². The number of carbonyl (C=O) groups is 1. The molecule has 0 radical (unpaired) electrons. The number of thiophene rings is 1. The Balaban J connectivity index is 1.80. The lowest BCUT2D eigenvalue weighted by Gasteiger charge is -2.07. The van der Waals surface area contributed by atoms with Gasteiger partial charge in [0.05, 0.1) is 19.3 Å². The molecule has 1 aromatic heterocycles. The van der Waals surface area contributed by atoms with Crippen LogP contribution in [0.3, 0.4) is 0 Å². The highest BCUT2D eigenvalue weighted by Gasteiger charge is 2.12. The van der Waals surface area contributed by atoms with Gasteiger partial charge in [-0.25, -0.2) is 13.1 Å². The molecule has 1 heterocycles. The first kappa shape index (κ1) is 21.6. The Morgan fingerprint density at radius 3 is 2.30 bits per heavy atom. The lowest BCUT2D eigenvalue weighted by atomic mass is 10.1. The Bertz CT molecular complexity index is 826. The maximum Gasteiger partial charge on any atom is 0.310 e. The Labute approximate surface area is 165 Å². The summed E-state index contributed by atoms with van der Waals surface area (Å²) in [5, 5.41) is 0. The smallest absolute Gasteiger partial charge is 0.310 e. The van der Waals surface area contributed by atoms with E-state index in [9.17, 15) is 13.2 Å². The van der Waals surface area contributed by atoms with Crippen molar-refractivity contribution in [2.75, 3.05) is 12.9 Å². The Morgan fingerprint density at radius 1 is 1.04 bits per heavy atom. The van der Waals surface area contributed by atoms with E-state index in [1.807, 2.05) is 24.3 Å². The zero-order chi connectivity index (χ0) is 19.7. The molecule has 1 aromatic carbocycles. The summed E-state index contributed by atoms with van der Waals surface area (Å²) in [6.45, 7) is 2.41. The molecule has 0 unspecified atom stereocenters. The minimum Gasteiger partial charge on any atom is -0.469 e. The van der Waals surface area contributed by atoms with Gasteiger partial charge in [0, 0.05) is 16.3 Å². The maximum atomic E-state index is 12.2. The lowest BCUT2D eigenvalue weighted by Crippen LogP contribution is -2.26. The van der Waals surface area contributed by atoms with Gasteiger partial charge >= 0.3 is 5.97 Å². The second-order valence-corrected chi connectivity index (χ2v) is 9.61. The fraction of sp³-hybridized carbons (Fsp3) is 0.450. The molecule has 1 N–H and O–H groups in total. The summed E-state index contributed by atoms with van der Waals surface area (Å²) in [5.74, 6) is -0.244. The zero-order valence-corrected chi connectivity index (χ0v) is 17.5. The molecular formula is C20H27NO4S2. The van der Waals surface area contributed by atoms with Crippen molar-refractivity contribution in [3.63, 3.8) is 0 Å². The van der Waals surface area contributed by atoms with Crippen LogP contribution in [0, 0.1) is 0 Å². The van der Waals surface area contributed by atoms with Crippen LogP contribution in [-0.4, -0.2) is 27.2 Å². The van der Waals surface area contributed by atoms with Gasteiger partial charge in [-0.1, -0.05) is 37.6 Å².